The fourth-order valence-electron chi connectivity index (χ4n) is 4.52. The maximum atomic E-state index is 12.6. The van der Waals surface area contributed by atoms with E-state index in [1.807, 2.05) is 23.1 Å². The first-order valence-electron chi connectivity index (χ1n) is 8.94. The molecule has 24 heavy (non-hydrogen) atoms. The van der Waals surface area contributed by atoms with E-state index in [4.69, 9.17) is 4.74 Å². The summed E-state index contributed by atoms with van der Waals surface area (Å²) >= 11 is 0. The molecule has 3 saturated heterocycles. The molecule has 3 heterocycles. The van der Waals surface area contributed by atoms with Crippen LogP contribution in [0.3, 0.4) is 0 Å². The molecule has 2 atom stereocenters. The molecule has 128 valence electrons. The van der Waals surface area contributed by atoms with Gasteiger partial charge in [0.2, 0.25) is 5.91 Å². The molecular formula is C19H24N2O3. The highest BCUT2D eigenvalue weighted by molar-refractivity contribution is 5.87. The summed E-state index contributed by atoms with van der Waals surface area (Å²) in [6.45, 7) is 2.68. The topological polar surface area (TPSA) is 58.6 Å². The van der Waals surface area contributed by atoms with Crippen molar-refractivity contribution < 1.29 is 14.3 Å². The maximum absolute atomic E-state index is 12.6. The van der Waals surface area contributed by atoms with E-state index in [0.717, 1.165) is 25.7 Å². The fourth-order valence-corrected chi connectivity index (χ4v) is 4.52. The molecule has 0 saturated carbocycles. The van der Waals surface area contributed by atoms with E-state index in [1.54, 1.807) is 0 Å². The molecule has 1 unspecified atom stereocenters. The molecule has 0 aliphatic carbocycles. The first kappa shape index (κ1) is 15.6. The van der Waals surface area contributed by atoms with Crippen LogP contribution in [0.1, 0.15) is 37.2 Å². The summed E-state index contributed by atoms with van der Waals surface area (Å²) in [4.78, 5) is 27.1. The third-order valence-corrected chi connectivity index (χ3v) is 5.96. The van der Waals surface area contributed by atoms with Gasteiger partial charge in [-0.25, -0.2) is 0 Å². The second-order valence-electron chi connectivity index (χ2n) is 7.16. The van der Waals surface area contributed by atoms with Gasteiger partial charge in [-0.05, 0) is 31.2 Å². The van der Waals surface area contributed by atoms with Gasteiger partial charge in [0.15, 0.2) is 0 Å². The molecule has 3 aliphatic heterocycles. The van der Waals surface area contributed by atoms with E-state index in [2.05, 4.69) is 17.4 Å². The third kappa shape index (κ3) is 2.51. The molecule has 1 aromatic rings. The maximum Gasteiger partial charge on any atom is 0.251 e. The van der Waals surface area contributed by atoms with Crippen LogP contribution in [0.25, 0.3) is 0 Å². The van der Waals surface area contributed by atoms with Crippen molar-refractivity contribution in [2.45, 2.75) is 37.7 Å². The summed E-state index contributed by atoms with van der Waals surface area (Å²) in [6.07, 6.45) is 3.00. The number of hydrogen-bond donors (Lipinski definition) is 1. The predicted octanol–water partition coefficient (Wildman–Crippen LogP) is 1.69. The number of carbonyl (C=O) groups excluding carboxylic acids is 2. The number of nitrogens with one attached hydrogen (secondary N) is 1. The van der Waals surface area contributed by atoms with Gasteiger partial charge in [0.05, 0.1) is 5.41 Å². The number of amides is 2. The number of rotatable bonds is 2. The Balaban J connectivity index is 1.49. The fraction of sp³-hybridized carbons (Fsp3) is 0.579. The Bertz CT molecular complexity index is 617. The zero-order valence-corrected chi connectivity index (χ0v) is 13.9. The minimum absolute atomic E-state index is 0.108. The van der Waals surface area contributed by atoms with Gasteiger partial charge in [-0.3, -0.25) is 9.59 Å². The van der Waals surface area contributed by atoms with Gasteiger partial charge in [0.1, 0.15) is 6.10 Å². The zero-order chi connectivity index (χ0) is 16.6. The van der Waals surface area contributed by atoms with Crippen LogP contribution in [0.4, 0.5) is 0 Å². The SMILES string of the molecule is O=C([C@H]1CCCO1)N1CCC2(CC1)C(=O)NCC2c1ccccc1. The van der Waals surface area contributed by atoms with Crippen molar-refractivity contribution in [3.05, 3.63) is 35.9 Å². The lowest BCUT2D eigenvalue weighted by molar-refractivity contribution is -0.146. The van der Waals surface area contributed by atoms with Crippen molar-refractivity contribution in [3.63, 3.8) is 0 Å². The van der Waals surface area contributed by atoms with Gasteiger partial charge in [-0.2, -0.15) is 0 Å². The number of carbonyl (C=O) groups is 2. The minimum Gasteiger partial charge on any atom is -0.368 e. The minimum atomic E-state index is -0.366. The number of nitrogens with zero attached hydrogens (tertiary/aromatic N) is 1. The highest BCUT2D eigenvalue weighted by Crippen LogP contribution is 2.47. The van der Waals surface area contributed by atoms with E-state index in [0.29, 0.717) is 26.2 Å². The molecule has 1 spiro atoms. The lowest BCUT2D eigenvalue weighted by atomic mass is 9.68. The Hall–Kier alpha value is -1.88. The Kier molecular flexibility index (Phi) is 4.04. The standard InChI is InChI=1S/C19H24N2O3/c22-17(16-7-4-12-24-16)21-10-8-19(9-11-21)15(13-20-18(19)23)14-5-2-1-3-6-14/h1-3,5-6,15-16H,4,7-13H2,(H,20,23)/t15?,16-/m1/s1. The van der Waals surface area contributed by atoms with Crippen LogP contribution in [0.5, 0.6) is 0 Å². The van der Waals surface area contributed by atoms with E-state index >= 15 is 0 Å². The molecule has 5 heteroatoms. The van der Waals surface area contributed by atoms with Crippen LogP contribution in [-0.2, 0) is 14.3 Å². The number of piperidine rings is 1. The quantitative estimate of drug-likeness (QED) is 0.899. The van der Waals surface area contributed by atoms with E-state index < -0.39 is 0 Å². The van der Waals surface area contributed by atoms with Gasteiger partial charge >= 0.3 is 0 Å². The summed E-state index contributed by atoms with van der Waals surface area (Å²) in [5.74, 6) is 0.462. The van der Waals surface area contributed by atoms with Crippen LogP contribution >= 0.6 is 0 Å². The first-order valence-corrected chi connectivity index (χ1v) is 8.94. The van der Waals surface area contributed by atoms with E-state index in [-0.39, 0.29) is 29.3 Å². The summed E-state index contributed by atoms with van der Waals surface area (Å²) < 4.78 is 5.53. The van der Waals surface area contributed by atoms with Crippen molar-refractivity contribution in [1.29, 1.82) is 0 Å². The molecule has 5 nitrogen and oxygen atoms in total. The molecule has 4 rings (SSSR count). The van der Waals surface area contributed by atoms with Crippen molar-refractivity contribution in [3.8, 4) is 0 Å². The highest BCUT2D eigenvalue weighted by atomic mass is 16.5. The van der Waals surface area contributed by atoms with Crippen molar-refractivity contribution in [1.82, 2.24) is 10.2 Å². The summed E-state index contributed by atoms with van der Waals surface area (Å²) in [7, 11) is 0. The largest absolute Gasteiger partial charge is 0.368 e. The highest BCUT2D eigenvalue weighted by Gasteiger charge is 2.52. The van der Waals surface area contributed by atoms with Crippen LogP contribution in [-0.4, -0.2) is 49.1 Å². The smallest absolute Gasteiger partial charge is 0.251 e. The summed E-state index contributed by atoms with van der Waals surface area (Å²) in [5.41, 5.74) is 0.851. The average Bonchev–Trinajstić information content (AvgIpc) is 3.26. The molecule has 3 fully saturated rings. The molecule has 0 bridgehead atoms. The van der Waals surface area contributed by atoms with Gasteiger partial charge in [-0.1, -0.05) is 30.3 Å². The molecule has 1 N–H and O–H groups in total. The van der Waals surface area contributed by atoms with E-state index in [1.165, 1.54) is 5.56 Å². The predicted molar refractivity (Wildman–Crippen MR) is 89.4 cm³/mol. The normalized spacial score (nSPS) is 29.0. The number of hydrogen-bond acceptors (Lipinski definition) is 3. The third-order valence-electron chi connectivity index (χ3n) is 5.96. The number of ether oxygens (including phenoxy) is 1. The van der Waals surface area contributed by atoms with Crippen molar-refractivity contribution in [2.75, 3.05) is 26.2 Å². The van der Waals surface area contributed by atoms with Crippen LogP contribution in [0, 0.1) is 5.41 Å². The molecule has 1 aromatic carbocycles. The Morgan fingerprint density at radius 2 is 1.96 bits per heavy atom. The second-order valence-corrected chi connectivity index (χ2v) is 7.16. The monoisotopic (exact) mass is 328 g/mol. The lowest BCUT2D eigenvalue weighted by Gasteiger charge is -2.41. The molecular weight excluding hydrogens is 304 g/mol. The number of benzene rings is 1. The Morgan fingerprint density at radius 1 is 1.21 bits per heavy atom. The van der Waals surface area contributed by atoms with Gasteiger partial charge in [0, 0.05) is 32.2 Å². The van der Waals surface area contributed by atoms with Gasteiger partial charge in [0.25, 0.3) is 5.91 Å². The van der Waals surface area contributed by atoms with Gasteiger partial charge in [-0.15, -0.1) is 0 Å². The lowest BCUT2D eigenvalue weighted by Crippen LogP contribution is -2.50. The Morgan fingerprint density at radius 3 is 2.62 bits per heavy atom. The molecule has 0 aromatic heterocycles. The van der Waals surface area contributed by atoms with Crippen LogP contribution in [0.2, 0.25) is 0 Å². The zero-order valence-electron chi connectivity index (χ0n) is 13.9. The van der Waals surface area contributed by atoms with Crippen molar-refractivity contribution >= 4 is 11.8 Å². The molecule has 2 amide bonds. The van der Waals surface area contributed by atoms with Gasteiger partial charge < -0.3 is 15.0 Å². The van der Waals surface area contributed by atoms with Crippen LogP contribution < -0.4 is 5.32 Å². The first-order chi connectivity index (χ1) is 11.7. The average molecular weight is 328 g/mol. The van der Waals surface area contributed by atoms with Crippen molar-refractivity contribution in [2.24, 2.45) is 5.41 Å². The summed E-state index contributed by atoms with van der Waals surface area (Å²) in [5, 5.41) is 3.06. The Labute approximate surface area is 142 Å². The molecule has 3 aliphatic rings. The molecule has 0 radical (unpaired) electrons. The number of likely N-dealkylation sites (tertiary alicyclic amines) is 1. The van der Waals surface area contributed by atoms with Crippen LogP contribution in [0.15, 0.2) is 30.3 Å². The summed E-state index contributed by atoms with van der Waals surface area (Å²) in [6, 6.07) is 10.3. The van der Waals surface area contributed by atoms with E-state index in [9.17, 15) is 9.59 Å². The second kappa shape index (κ2) is 6.20.